The van der Waals surface area contributed by atoms with Gasteiger partial charge in [-0.3, -0.25) is 10.1 Å². The number of hydrogen-bond acceptors (Lipinski definition) is 2. The Kier molecular flexibility index (Phi) is 6.22. The highest BCUT2D eigenvalue weighted by Crippen LogP contribution is 2.15. The van der Waals surface area contributed by atoms with Crippen molar-refractivity contribution in [2.45, 2.75) is 25.8 Å². The molecule has 3 amide bonds. The van der Waals surface area contributed by atoms with E-state index in [0.29, 0.717) is 0 Å². The first-order valence-corrected chi connectivity index (χ1v) is 6.42. The zero-order valence-corrected chi connectivity index (χ0v) is 11.0. The molecule has 4 nitrogen and oxygen atoms in total. The minimum Gasteiger partial charge on any atom is -0.331 e. The lowest BCUT2D eigenvalue weighted by atomic mass is 10.1. The van der Waals surface area contributed by atoms with E-state index in [2.05, 4.69) is 10.6 Å². The van der Waals surface area contributed by atoms with Crippen LogP contribution in [0.3, 0.4) is 0 Å². The fraction of sp³-hybridized carbons (Fsp3) is 0.385. The van der Waals surface area contributed by atoms with E-state index in [1.807, 2.05) is 37.3 Å². The van der Waals surface area contributed by atoms with Gasteiger partial charge in [-0.15, -0.1) is 11.6 Å². The van der Waals surface area contributed by atoms with Gasteiger partial charge in [-0.1, -0.05) is 37.3 Å². The number of nitrogens with one attached hydrogen (secondary N) is 2. The van der Waals surface area contributed by atoms with Crippen molar-refractivity contribution in [2.75, 3.05) is 5.88 Å². The van der Waals surface area contributed by atoms with Crippen molar-refractivity contribution in [3.63, 3.8) is 0 Å². The molecule has 0 heterocycles. The summed E-state index contributed by atoms with van der Waals surface area (Å²) in [5, 5.41) is 5.00. The Morgan fingerprint density at radius 3 is 2.50 bits per heavy atom. The summed E-state index contributed by atoms with van der Waals surface area (Å²) in [6, 6.07) is 9.03. The van der Waals surface area contributed by atoms with Crippen LogP contribution in [0.15, 0.2) is 30.3 Å². The van der Waals surface area contributed by atoms with Crippen LogP contribution in [0.25, 0.3) is 0 Å². The van der Waals surface area contributed by atoms with Crippen LogP contribution < -0.4 is 10.6 Å². The normalized spacial score (nSPS) is 11.7. The number of hydrogen-bond donors (Lipinski definition) is 2. The predicted molar refractivity (Wildman–Crippen MR) is 71.5 cm³/mol. The molecule has 1 atom stereocenters. The van der Waals surface area contributed by atoms with Crippen molar-refractivity contribution in [2.24, 2.45) is 0 Å². The van der Waals surface area contributed by atoms with Crippen molar-refractivity contribution in [1.29, 1.82) is 0 Å². The molecule has 1 aromatic carbocycles. The quantitative estimate of drug-likeness (QED) is 0.807. The lowest BCUT2D eigenvalue weighted by Crippen LogP contribution is -2.41. The molecule has 98 valence electrons. The van der Waals surface area contributed by atoms with Gasteiger partial charge in [0.1, 0.15) is 0 Å². The first-order valence-electron chi connectivity index (χ1n) is 5.88. The van der Waals surface area contributed by atoms with E-state index in [0.717, 1.165) is 12.0 Å². The first kappa shape index (κ1) is 14.5. The number of halogens is 1. The maximum absolute atomic E-state index is 11.6. The van der Waals surface area contributed by atoms with Gasteiger partial charge in [0.25, 0.3) is 0 Å². The van der Waals surface area contributed by atoms with E-state index < -0.39 is 6.03 Å². The second-order valence-electron chi connectivity index (χ2n) is 3.83. The van der Waals surface area contributed by atoms with Crippen LogP contribution in [0.2, 0.25) is 0 Å². The standard InChI is InChI=1S/C13H17ClN2O2/c1-2-11(10-6-4-3-5-7-10)15-13(18)16-12(17)8-9-14/h3-7,11H,2,8-9H2,1H3,(H2,15,16,17,18). The van der Waals surface area contributed by atoms with Crippen molar-refractivity contribution in [3.8, 4) is 0 Å². The van der Waals surface area contributed by atoms with Crippen molar-refractivity contribution < 1.29 is 9.59 Å². The van der Waals surface area contributed by atoms with Gasteiger partial charge in [0.05, 0.1) is 6.04 Å². The molecule has 18 heavy (non-hydrogen) atoms. The number of urea groups is 1. The molecule has 1 rings (SSSR count). The summed E-state index contributed by atoms with van der Waals surface area (Å²) in [6.45, 7) is 1.97. The second kappa shape index (κ2) is 7.71. The first-order chi connectivity index (χ1) is 8.67. The Balaban J connectivity index is 2.54. The lowest BCUT2D eigenvalue weighted by Gasteiger charge is -2.17. The summed E-state index contributed by atoms with van der Waals surface area (Å²) >= 11 is 5.42. The minimum absolute atomic E-state index is 0.102. The zero-order chi connectivity index (χ0) is 13.4. The lowest BCUT2D eigenvalue weighted by molar-refractivity contribution is -0.119. The average Bonchev–Trinajstić information content (AvgIpc) is 2.37. The fourth-order valence-corrected chi connectivity index (χ4v) is 1.75. The van der Waals surface area contributed by atoms with Gasteiger partial charge in [-0.25, -0.2) is 4.79 Å². The summed E-state index contributed by atoms with van der Waals surface area (Å²) in [6.07, 6.45) is 0.887. The fourth-order valence-electron chi connectivity index (χ4n) is 1.58. The SMILES string of the molecule is CCC(NC(=O)NC(=O)CCCl)c1ccccc1. The largest absolute Gasteiger partial charge is 0.331 e. The Labute approximate surface area is 112 Å². The van der Waals surface area contributed by atoms with Crippen LogP contribution in [-0.4, -0.2) is 17.8 Å². The molecule has 2 N–H and O–H groups in total. The van der Waals surface area contributed by atoms with Gasteiger partial charge in [0, 0.05) is 12.3 Å². The Morgan fingerprint density at radius 1 is 1.28 bits per heavy atom. The summed E-state index contributed by atoms with van der Waals surface area (Å²) in [7, 11) is 0. The van der Waals surface area contributed by atoms with E-state index in [1.54, 1.807) is 0 Å². The summed E-state index contributed by atoms with van der Waals surface area (Å²) in [5.41, 5.74) is 1.01. The van der Waals surface area contributed by atoms with Crippen LogP contribution in [0.5, 0.6) is 0 Å². The highest BCUT2D eigenvalue weighted by molar-refractivity contribution is 6.19. The number of alkyl halides is 1. The Morgan fingerprint density at radius 2 is 1.94 bits per heavy atom. The molecule has 0 saturated heterocycles. The molecule has 0 spiro atoms. The van der Waals surface area contributed by atoms with Crippen LogP contribution in [0.4, 0.5) is 4.79 Å². The van der Waals surface area contributed by atoms with E-state index in [4.69, 9.17) is 11.6 Å². The van der Waals surface area contributed by atoms with Crippen molar-refractivity contribution >= 4 is 23.5 Å². The highest BCUT2D eigenvalue weighted by Gasteiger charge is 2.13. The molecule has 0 aliphatic heterocycles. The van der Waals surface area contributed by atoms with Crippen LogP contribution >= 0.6 is 11.6 Å². The molecular formula is C13H17ClN2O2. The van der Waals surface area contributed by atoms with Gasteiger partial charge >= 0.3 is 6.03 Å². The number of carbonyl (C=O) groups is 2. The third-order valence-corrected chi connectivity index (χ3v) is 2.68. The number of amides is 3. The molecule has 0 saturated carbocycles. The molecule has 0 radical (unpaired) electrons. The van der Waals surface area contributed by atoms with E-state index in [9.17, 15) is 9.59 Å². The molecule has 0 aliphatic rings. The monoisotopic (exact) mass is 268 g/mol. The van der Waals surface area contributed by atoms with Gasteiger partial charge in [-0.05, 0) is 12.0 Å². The number of rotatable bonds is 5. The van der Waals surface area contributed by atoms with Gasteiger partial charge < -0.3 is 5.32 Å². The minimum atomic E-state index is -0.485. The van der Waals surface area contributed by atoms with E-state index >= 15 is 0 Å². The number of benzene rings is 1. The molecule has 1 unspecified atom stereocenters. The van der Waals surface area contributed by atoms with E-state index in [1.165, 1.54) is 0 Å². The van der Waals surface area contributed by atoms with Crippen LogP contribution in [0.1, 0.15) is 31.4 Å². The third kappa shape index (κ3) is 4.75. The number of imide groups is 1. The Bertz CT molecular complexity index is 395. The van der Waals surface area contributed by atoms with Crippen molar-refractivity contribution in [1.82, 2.24) is 10.6 Å². The van der Waals surface area contributed by atoms with Crippen molar-refractivity contribution in [3.05, 3.63) is 35.9 Å². The van der Waals surface area contributed by atoms with Gasteiger partial charge in [-0.2, -0.15) is 0 Å². The molecule has 5 heteroatoms. The van der Waals surface area contributed by atoms with Crippen LogP contribution in [-0.2, 0) is 4.79 Å². The predicted octanol–water partition coefficient (Wildman–Crippen LogP) is 2.59. The molecule has 1 aromatic rings. The van der Waals surface area contributed by atoms with Gasteiger partial charge in [0.15, 0.2) is 0 Å². The summed E-state index contributed by atoms with van der Waals surface area (Å²) in [4.78, 5) is 22.8. The summed E-state index contributed by atoms with van der Waals surface area (Å²) < 4.78 is 0. The topological polar surface area (TPSA) is 58.2 Å². The van der Waals surface area contributed by atoms with E-state index in [-0.39, 0.29) is 24.2 Å². The average molecular weight is 269 g/mol. The number of carbonyl (C=O) groups excluding carboxylic acids is 2. The Hall–Kier alpha value is -1.55. The smallest absolute Gasteiger partial charge is 0.321 e. The zero-order valence-electron chi connectivity index (χ0n) is 10.3. The summed E-state index contributed by atoms with van der Waals surface area (Å²) in [5.74, 6) is -0.167. The molecular weight excluding hydrogens is 252 g/mol. The molecule has 0 aliphatic carbocycles. The highest BCUT2D eigenvalue weighted by atomic mass is 35.5. The second-order valence-corrected chi connectivity index (χ2v) is 4.21. The molecule has 0 aromatic heterocycles. The molecule has 0 fully saturated rings. The maximum atomic E-state index is 11.6. The maximum Gasteiger partial charge on any atom is 0.321 e. The van der Waals surface area contributed by atoms with Gasteiger partial charge in [0.2, 0.25) is 5.91 Å². The third-order valence-electron chi connectivity index (χ3n) is 2.49. The molecule has 0 bridgehead atoms. The van der Waals surface area contributed by atoms with Crippen LogP contribution in [0, 0.1) is 0 Å².